The standard InChI is InChI=1S/C13H17N3O3/c1-8-2-4-9(5-3-8)16-12(17)10-11(13(18)19)15-7-6-14-10/h6-9H,2-5H2,1H3,(H,16,17)(H,18,19). The van der Waals surface area contributed by atoms with Crippen LogP contribution in [0.15, 0.2) is 12.4 Å². The highest BCUT2D eigenvalue weighted by atomic mass is 16.4. The van der Waals surface area contributed by atoms with E-state index < -0.39 is 11.9 Å². The highest BCUT2D eigenvalue weighted by Crippen LogP contribution is 2.23. The first kappa shape index (κ1) is 13.5. The summed E-state index contributed by atoms with van der Waals surface area (Å²) in [5, 5.41) is 11.8. The van der Waals surface area contributed by atoms with Crippen LogP contribution in [-0.2, 0) is 0 Å². The maximum absolute atomic E-state index is 12.0. The lowest BCUT2D eigenvalue weighted by Gasteiger charge is -2.26. The molecule has 1 heterocycles. The van der Waals surface area contributed by atoms with E-state index in [0.717, 1.165) is 25.7 Å². The molecular weight excluding hydrogens is 246 g/mol. The monoisotopic (exact) mass is 263 g/mol. The van der Waals surface area contributed by atoms with Crippen LogP contribution in [0.4, 0.5) is 0 Å². The first-order valence-corrected chi connectivity index (χ1v) is 6.43. The number of carbonyl (C=O) groups excluding carboxylic acids is 1. The molecule has 6 nitrogen and oxygen atoms in total. The van der Waals surface area contributed by atoms with Gasteiger partial charge in [0.15, 0.2) is 11.4 Å². The average molecular weight is 263 g/mol. The van der Waals surface area contributed by atoms with E-state index in [1.807, 2.05) is 0 Å². The minimum absolute atomic E-state index is 0.104. The molecule has 1 aromatic heterocycles. The first-order valence-electron chi connectivity index (χ1n) is 6.43. The number of carbonyl (C=O) groups is 2. The lowest BCUT2D eigenvalue weighted by molar-refractivity contribution is 0.0682. The Bertz CT molecular complexity index is 482. The lowest BCUT2D eigenvalue weighted by atomic mass is 9.87. The van der Waals surface area contributed by atoms with Gasteiger partial charge in [0.25, 0.3) is 5.91 Å². The summed E-state index contributed by atoms with van der Waals surface area (Å²) >= 11 is 0. The molecule has 1 aliphatic carbocycles. The van der Waals surface area contributed by atoms with Gasteiger partial charge >= 0.3 is 5.97 Å². The van der Waals surface area contributed by atoms with Gasteiger partial charge in [-0.3, -0.25) is 4.79 Å². The van der Waals surface area contributed by atoms with Gasteiger partial charge in [0.05, 0.1) is 0 Å². The Morgan fingerprint density at radius 2 is 1.74 bits per heavy atom. The number of hydrogen-bond acceptors (Lipinski definition) is 4. The van der Waals surface area contributed by atoms with Gasteiger partial charge in [0.2, 0.25) is 0 Å². The maximum Gasteiger partial charge on any atom is 0.356 e. The van der Waals surface area contributed by atoms with Gasteiger partial charge in [-0.1, -0.05) is 6.92 Å². The Hall–Kier alpha value is -1.98. The van der Waals surface area contributed by atoms with Crippen LogP contribution < -0.4 is 5.32 Å². The van der Waals surface area contributed by atoms with Crippen LogP contribution in [0.5, 0.6) is 0 Å². The third-order valence-corrected chi connectivity index (χ3v) is 3.47. The molecule has 0 bridgehead atoms. The van der Waals surface area contributed by atoms with Crippen LogP contribution in [0.3, 0.4) is 0 Å². The van der Waals surface area contributed by atoms with Crippen LogP contribution in [0, 0.1) is 5.92 Å². The van der Waals surface area contributed by atoms with E-state index in [1.165, 1.54) is 12.4 Å². The molecule has 0 saturated heterocycles. The normalized spacial score (nSPS) is 22.8. The molecule has 0 aliphatic heterocycles. The van der Waals surface area contributed by atoms with Crippen molar-refractivity contribution in [2.24, 2.45) is 5.92 Å². The summed E-state index contributed by atoms with van der Waals surface area (Å²) in [7, 11) is 0. The molecule has 0 aromatic carbocycles. The van der Waals surface area contributed by atoms with E-state index in [1.54, 1.807) is 0 Å². The van der Waals surface area contributed by atoms with Crippen LogP contribution in [0.2, 0.25) is 0 Å². The van der Waals surface area contributed by atoms with Crippen LogP contribution in [0.25, 0.3) is 0 Å². The SMILES string of the molecule is CC1CCC(NC(=O)c2nccnc2C(=O)O)CC1. The lowest BCUT2D eigenvalue weighted by Crippen LogP contribution is -2.38. The van der Waals surface area contributed by atoms with Crippen LogP contribution >= 0.6 is 0 Å². The summed E-state index contributed by atoms with van der Waals surface area (Å²) < 4.78 is 0. The molecule has 1 aliphatic rings. The molecule has 2 N–H and O–H groups in total. The fourth-order valence-electron chi connectivity index (χ4n) is 2.32. The first-order chi connectivity index (χ1) is 9.08. The number of carboxylic acid groups (broad SMARTS) is 1. The quantitative estimate of drug-likeness (QED) is 0.861. The number of carboxylic acids is 1. The van der Waals surface area contributed by atoms with Crippen molar-refractivity contribution in [3.05, 3.63) is 23.8 Å². The van der Waals surface area contributed by atoms with Crippen LogP contribution in [-0.4, -0.2) is 33.0 Å². The predicted octanol–water partition coefficient (Wildman–Crippen LogP) is 1.48. The van der Waals surface area contributed by atoms with E-state index >= 15 is 0 Å². The third kappa shape index (κ3) is 3.27. The molecule has 2 rings (SSSR count). The second-order valence-electron chi connectivity index (χ2n) is 4.99. The fraction of sp³-hybridized carbons (Fsp3) is 0.538. The molecule has 102 valence electrons. The molecule has 0 radical (unpaired) electrons. The summed E-state index contributed by atoms with van der Waals surface area (Å²) in [5.74, 6) is -1.00. The zero-order valence-electron chi connectivity index (χ0n) is 10.8. The maximum atomic E-state index is 12.0. The van der Waals surface area contributed by atoms with Gasteiger partial charge in [-0.15, -0.1) is 0 Å². The van der Waals surface area contributed by atoms with Gasteiger partial charge in [-0.05, 0) is 31.6 Å². The molecule has 1 saturated carbocycles. The fourth-order valence-corrected chi connectivity index (χ4v) is 2.32. The van der Waals surface area contributed by atoms with Gasteiger partial charge < -0.3 is 10.4 Å². The van der Waals surface area contributed by atoms with E-state index in [-0.39, 0.29) is 17.4 Å². The molecule has 1 aromatic rings. The molecule has 0 atom stereocenters. The van der Waals surface area contributed by atoms with Crippen molar-refractivity contribution in [2.75, 3.05) is 0 Å². The number of nitrogens with zero attached hydrogens (tertiary/aromatic N) is 2. The second kappa shape index (κ2) is 5.77. The average Bonchev–Trinajstić information content (AvgIpc) is 2.41. The Morgan fingerprint density at radius 1 is 1.16 bits per heavy atom. The Kier molecular flexibility index (Phi) is 4.09. The summed E-state index contributed by atoms with van der Waals surface area (Å²) in [5.41, 5.74) is -0.419. The number of nitrogens with one attached hydrogen (secondary N) is 1. The second-order valence-corrected chi connectivity index (χ2v) is 4.99. The zero-order valence-corrected chi connectivity index (χ0v) is 10.8. The molecule has 19 heavy (non-hydrogen) atoms. The topological polar surface area (TPSA) is 92.2 Å². The molecular formula is C13H17N3O3. The summed E-state index contributed by atoms with van der Waals surface area (Å²) in [4.78, 5) is 30.5. The van der Waals surface area contributed by atoms with E-state index in [2.05, 4.69) is 22.2 Å². The van der Waals surface area contributed by atoms with Crippen LogP contribution in [0.1, 0.15) is 53.6 Å². The Balaban J connectivity index is 2.06. The van der Waals surface area contributed by atoms with Crippen molar-refractivity contribution in [1.29, 1.82) is 0 Å². The summed E-state index contributed by atoms with van der Waals surface area (Å²) in [6.07, 6.45) is 6.60. The van der Waals surface area contributed by atoms with Gasteiger partial charge in [-0.2, -0.15) is 0 Å². The molecule has 0 spiro atoms. The number of aromatic nitrogens is 2. The molecule has 6 heteroatoms. The van der Waals surface area contributed by atoms with Gasteiger partial charge in [0, 0.05) is 18.4 Å². The number of aromatic carboxylic acids is 1. The van der Waals surface area contributed by atoms with E-state index in [4.69, 9.17) is 5.11 Å². The van der Waals surface area contributed by atoms with E-state index in [0.29, 0.717) is 5.92 Å². The third-order valence-electron chi connectivity index (χ3n) is 3.47. The van der Waals surface area contributed by atoms with Crippen molar-refractivity contribution in [3.63, 3.8) is 0 Å². The predicted molar refractivity (Wildman–Crippen MR) is 67.9 cm³/mol. The number of amides is 1. The smallest absolute Gasteiger partial charge is 0.356 e. The minimum Gasteiger partial charge on any atom is -0.476 e. The zero-order chi connectivity index (χ0) is 13.8. The van der Waals surface area contributed by atoms with Crippen molar-refractivity contribution >= 4 is 11.9 Å². The minimum atomic E-state index is -1.24. The molecule has 1 amide bonds. The van der Waals surface area contributed by atoms with Crippen molar-refractivity contribution in [3.8, 4) is 0 Å². The Labute approximate surface area is 111 Å². The molecule has 1 fully saturated rings. The summed E-state index contributed by atoms with van der Waals surface area (Å²) in [6, 6.07) is 0.104. The van der Waals surface area contributed by atoms with Gasteiger partial charge in [0.1, 0.15) is 0 Å². The summed E-state index contributed by atoms with van der Waals surface area (Å²) in [6.45, 7) is 2.20. The van der Waals surface area contributed by atoms with Gasteiger partial charge in [-0.25, -0.2) is 14.8 Å². The molecule has 0 unspecified atom stereocenters. The van der Waals surface area contributed by atoms with Crippen molar-refractivity contribution in [2.45, 2.75) is 38.6 Å². The highest BCUT2D eigenvalue weighted by molar-refractivity contribution is 6.02. The number of hydrogen-bond donors (Lipinski definition) is 2. The van der Waals surface area contributed by atoms with Crippen molar-refractivity contribution in [1.82, 2.24) is 15.3 Å². The van der Waals surface area contributed by atoms with Crippen molar-refractivity contribution < 1.29 is 14.7 Å². The van der Waals surface area contributed by atoms with E-state index in [9.17, 15) is 9.59 Å². The highest BCUT2D eigenvalue weighted by Gasteiger charge is 2.24. The number of rotatable bonds is 3. The Morgan fingerprint density at radius 3 is 2.32 bits per heavy atom. The largest absolute Gasteiger partial charge is 0.476 e.